The second-order valence-electron chi connectivity index (χ2n) is 9.82. The first-order valence-corrected chi connectivity index (χ1v) is 13.1. The van der Waals surface area contributed by atoms with Crippen LogP contribution in [0, 0.1) is 5.92 Å². The Bertz CT molecular complexity index is 1140. The molecule has 2 aliphatic heterocycles. The molecule has 12 heteroatoms. The average Bonchev–Trinajstić information content (AvgIpc) is 2.91. The number of pyridine rings is 1. The van der Waals surface area contributed by atoms with Gasteiger partial charge in [-0.3, -0.25) is 14.5 Å². The molecule has 2 amide bonds. The molecule has 0 saturated carbocycles. The molecule has 2 saturated heterocycles. The number of carboxylic acids is 1. The van der Waals surface area contributed by atoms with E-state index in [1.165, 1.54) is 25.9 Å². The Balaban J connectivity index is 0.000000532. The van der Waals surface area contributed by atoms with E-state index in [2.05, 4.69) is 22.1 Å². The van der Waals surface area contributed by atoms with Gasteiger partial charge in [0, 0.05) is 49.5 Å². The van der Waals surface area contributed by atoms with Gasteiger partial charge in [-0.2, -0.15) is 13.2 Å². The van der Waals surface area contributed by atoms with Crippen molar-refractivity contribution in [3.05, 3.63) is 64.4 Å². The molecule has 2 fully saturated rings. The van der Waals surface area contributed by atoms with Gasteiger partial charge >= 0.3 is 12.1 Å². The molecule has 1 unspecified atom stereocenters. The number of hydrogen-bond acceptors (Lipinski definition) is 5. The number of alkyl halides is 3. The third-order valence-corrected chi connectivity index (χ3v) is 7.04. The van der Waals surface area contributed by atoms with Crippen molar-refractivity contribution >= 4 is 29.4 Å². The number of carboxylic acid groups (broad SMARTS) is 1. The first-order valence-electron chi connectivity index (χ1n) is 12.8. The Morgan fingerprint density at radius 1 is 1.05 bits per heavy atom. The molecule has 212 valence electrons. The first-order chi connectivity index (χ1) is 18.4. The molecule has 2 N–H and O–H groups in total. The van der Waals surface area contributed by atoms with E-state index in [-0.39, 0.29) is 11.8 Å². The van der Waals surface area contributed by atoms with Gasteiger partial charge in [-0.15, -0.1) is 0 Å². The van der Waals surface area contributed by atoms with Crippen LogP contribution >= 0.6 is 11.6 Å². The molecule has 2 aromatic rings. The number of amides is 2. The van der Waals surface area contributed by atoms with Crippen LogP contribution in [0.2, 0.25) is 5.15 Å². The average molecular weight is 569 g/mol. The molecule has 8 nitrogen and oxygen atoms in total. The van der Waals surface area contributed by atoms with Crippen LogP contribution in [0.1, 0.15) is 58.9 Å². The fourth-order valence-corrected chi connectivity index (χ4v) is 4.97. The number of piperidine rings is 2. The maximum atomic E-state index is 13.0. The minimum atomic E-state index is -5.08. The fraction of sp³-hybridized carbons (Fsp3) is 0.481. The third-order valence-electron chi connectivity index (χ3n) is 6.84. The Morgan fingerprint density at radius 2 is 1.67 bits per heavy atom. The highest BCUT2D eigenvalue weighted by atomic mass is 35.5. The van der Waals surface area contributed by atoms with Crippen LogP contribution in [-0.4, -0.2) is 76.1 Å². The van der Waals surface area contributed by atoms with Gasteiger partial charge < -0.3 is 15.3 Å². The summed E-state index contributed by atoms with van der Waals surface area (Å²) >= 11 is 5.88. The van der Waals surface area contributed by atoms with Gasteiger partial charge in [0.05, 0.1) is 0 Å². The molecule has 0 radical (unpaired) electrons. The van der Waals surface area contributed by atoms with Crippen LogP contribution < -0.4 is 5.32 Å². The molecular weight excluding hydrogens is 537 g/mol. The van der Waals surface area contributed by atoms with Crippen molar-refractivity contribution in [1.82, 2.24) is 20.1 Å². The summed E-state index contributed by atoms with van der Waals surface area (Å²) in [7, 11) is 0. The van der Waals surface area contributed by atoms with Crippen LogP contribution in [0.25, 0.3) is 0 Å². The van der Waals surface area contributed by atoms with Crippen molar-refractivity contribution in [3.8, 4) is 0 Å². The van der Waals surface area contributed by atoms with Crippen molar-refractivity contribution < 1.29 is 32.7 Å². The summed E-state index contributed by atoms with van der Waals surface area (Å²) in [6.45, 7) is 6.68. The zero-order valence-electron chi connectivity index (χ0n) is 21.6. The minimum Gasteiger partial charge on any atom is -0.475 e. The minimum absolute atomic E-state index is 0.0499. The van der Waals surface area contributed by atoms with Crippen molar-refractivity contribution in [2.75, 3.05) is 26.2 Å². The van der Waals surface area contributed by atoms with Crippen LogP contribution in [-0.2, 0) is 11.3 Å². The second kappa shape index (κ2) is 13.7. The van der Waals surface area contributed by atoms with Crippen LogP contribution in [0.5, 0.6) is 0 Å². The second-order valence-corrected chi connectivity index (χ2v) is 10.2. The smallest absolute Gasteiger partial charge is 0.475 e. The third kappa shape index (κ3) is 9.21. The number of nitrogens with zero attached hydrogens (tertiary/aromatic N) is 3. The number of aromatic nitrogens is 1. The summed E-state index contributed by atoms with van der Waals surface area (Å²) in [6.07, 6.45) is 1.23. The molecule has 1 aromatic carbocycles. The summed E-state index contributed by atoms with van der Waals surface area (Å²) in [5.74, 6) is -2.11. The lowest BCUT2D eigenvalue weighted by molar-refractivity contribution is -0.192. The molecule has 39 heavy (non-hydrogen) atoms. The number of hydrogen-bond donors (Lipinski definition) is 2. The standard InChI is InChI=1S/C25H31ClN4O2.C2HF3O2/c1-18-3-2-12-30(17-18)22-9-13-29(14-10-22)25(32)21-6-4-20(5-7-21)24(31)28-16-19-8-11-27-23(26)15-19;3-2(4,5)1(6)7/h4-8,11,15,18,22H,2-3,9-10,12-14,16-17H2,1H3,(H,28,31);(H,6,7). The number of aliphatic carboxylic acids is 1. The lowest BCUT2D eigenvalue weighted by atomic mass is 9.95. The maximum absolute atomic E-state index is 13.0. The molecule has 0 aliphatic carbocycles. The van der Waals surface area contributed by atoms with E-state index in [0.29, 0.717) is 28.9 Å². The molecule has 4 rings (SSSR count). The van der Waals surface area contributed by atoms with Gasteiger partial charge in [0.15, 0.2) is 0 Å². The number of benzene rings is 1. The van der Waals surface area contributed by atoms with E-state index in [9.17, 15) is 22.8 Å². The Morgan fingerprint density at radius 3 is 2.23 bits per heavy atom. The topological polar surface area (TPSA) is 103 Å². The van der Waals surface area contributed by atoms with Gasteiger partial charge in [0.2, 0.25) is 0 Å². The van der Waals surface area contributed by atoms with Crippen LogP contribution in [0.3, 0.4) is 0 Å². The lowest BCUT2D eigenvalue weighted by Crippen LogP contribution is -2.49. The van der Waals surface area contributed by atoms with Gasteiger partial charge in [0.25, 0.3) is 11.8 Å². The van der Waals surface area contributed by atoms with Crippen LogP contribution in [0.4, 0.5) is 13.2 Å². The summed E-state index contributed by atoms with van der Waals surface area (Å²) in [5.41, 5.74) is 2.04. The summed E-state index contributed by atoms with van der Waals surface area (Å²) in [5, 5.41) is 10.4. The zero-order valence-corrected chi connectivity index (χ0v) is 22.3. The monoisotopic (exact) mass is 568 g/mol. The number of carbonyl (C=O) groups is 3. The molecular formula is C27H32ClF3N4O4. The Hall–Kier alpha value is -3.18. The van der Waals surface area contributed by atoms with Gasteiger partial charge in [-0.05, 0) is 80.1 Å². The van der Waals surface area contributed by atoms with Gasteiger partial charge in [0.1, 0.15) is 5.15 Å². The van der Waals surface area contributed by atoms with Gasteiger partial charge in [-0.25, -0.2) is 9.78 Å². The summed E-state index contributed by atoms with van der Waals surface area (Å²) < 4.78 is 31.7. The lowest BCUT2D eigenvalue weighted by Gasteiger charge is -2.41. The largest absolute Gasteiger partial charge is 0.490 e. The maximum Gasteiger partial charge on any atom is 0.490 e. The molecule has 0 spiro atoms. The fourth-order valence-electron chi connectivity index (χ4n) is 4.78. The SMILES string of the molecule is CC1CCCN(C2CCN(C(=O)c3ccc(C(=O)NCc4ccnc(Cl)c4)cc3)CC2)C1.O=C(O)C(F)(F)F. The first kappa shape index (κ1) is 30.4. The van der Waals surface area contributed by atoms with E-state index >= 15 is 0 Å². The normalized spacial score (nSPS) is 18.6. The molecule has 1 atom stereocenters. The van der Waals surface area contributed by atoms with E-state index in [4.69, 9.17) is 21.5 Å². The molecule has 0 bridgehead atoms. The van der Waals surface area contributed by atoms with Crippen molar-refractivity contribution in [2.45, 2.75) is 51.4 Å². The van der Waals surface area contributed by atoms with E-state index < -0.39 is 12.1 Å². The molecule has 3 heterocycles. The highest BCUT2D eigenvalue weighted by molar-refractivity contribution is 6.29. The number of rotatable bonds is 5. The number of likely N-dealkylation sites (tertiary alicyclic amines) is 2. The van der Waals surface area contributed by atoms with Crippen molar-refractivity contribution in [1.29, 1.82) is 0 Å². The van der Waals surface area contributed by atoms with E-state index in [0.717, 1.165) is 37.4 Å². The van der Waals surface area contributed by atoms with Crippen molar-refractivity contribution in [2.24, 2.45) is 5.92 Å². The highest BCUT2D eigenvalue weighted by Crippen LogP contribution is 2.24. The predicted molar refractivity (Wildman–Crippen MR) is 139 cm³/mol. The zero-order chi connectivity index (χ0) is 28.6. The predicted octanol–water partition coefficient (Wildman–Crippen LogP) is 4.63. The highest BCUT2D eigenvalue weighted by Gasteiger charge is 2.38. The quantitative estimate of drug-likeness (QED) is 0.510. The number of nitrogens with one attached hydrogen (secondary N) is 1. The number of carbonyl (C=O) groups excluding carboxylic acids is 2. The Kier molecular flexibility index (Phi) is 10.7. The Labute approximate surface area is 230 Å². The molecule has 2 aliphatic rings. The molecule has 1 aromatic heterocycles. The van der Waals surface area contributed by atoms with E-state index in [1.807, 2.05) is 11.0 Å². The van der Waals surface area contributed by atoms with Crippen LogP contribution in [0.15, 0.2) is 42.6 Å². The summed E-state index contributed by atoms with van der Waals surface area (Å²) in [4.78, 5) is 42.8. The summed E-state index contributed by atoms with van der Waals surface area (Å²) in [6, 6.07) is 11.1. The van der Waals surface area contributed by atoms with E-state index in [1.54, 1.807) is 36.5 Å². The van der Waals surface area contributed by atoms with Crippen molar-refractivity contribution in [3.63, 3.8) is 0 Å². The van der Waals surface area contributed by atoms with Gasteiger partial charge in [-0.1, -0.05) is 18.5 Å². The number of halogens is 4.